The second kappa shape index (κ2) is 6.09. The molecule has 1 rings (SSSR count). The molecule has 0 amide bonds. The van der Waals surface area contributed by atoms with Crippen LogP contribution in [0.3, 0.4) is 0 Å². The van der Waals surface area contributed by atoms with E-state index in [0.717, 1.165) is 0 Å². The summed E-state index contributed by atoms with van der Waals surface area (Å²) in [5, 5.41) is 20.8. The summed E-state index contributed by atoms with van der Waals surface area (Å²) in [5.41, 5.74) is 0. The topological polar surface area (TPSA) is 71.2 Å². The molecule has 6 heteroatoms. The molecule has 0 aliphatic heterocycles. The van der Waals surface area contributed by atoms with Crippen LogP contribution < -0.4 is 5.32 Å². The second-order valence-electron chi connectivity index (χ2n) is 3.61. The van der Waals surface area contributed by atoms with Gasteiger partial charge >= 0.3 is 0 Å². The molecule has 0 saturated carbocycles. The Labute approximate surface area is 93.7 Å². The maximum absolute atomic E-state index is 9.59. The first-order valence-electron chi connectivity index (χ1n) is 4.92. The van der Waals surface area contributed by atoms with Crippen LogP contribution in [-0.4, -0.2) is 39.7 Å². The van der Waals surface area contributed by atoms with E-state index < -0.39 is 6.10 Å². The predicted octanol–water partition coefficient (Wildman–Crippen LogP) is 0.829. The lowest BCUT2D eigenvalue weighted by Crippen LogP contribution is -2.33. The highest BCUT2D eigenvalue weighted by molar-refractivity contribution is 7.99. The Hall–Kier alpha value is -0.590. The lowest BCUT2D eigenvalue weighted by Gasteiger charge is -2.12. The first-order chi connectivity index (χ1) is 7.08. The lowest BCUT2D eigenvalue weighted by atomic mass is 10.3. The standard InChI is InChI=1S/C9H17N3O2S/c1-6(2)10-4-8(13)5-15-9-12-11-7(3)14-9/h6,8,10,13H,4-5H2,1-3H3. The normalized spacial score (nSPS) is 13.4. The van der Waals surface area contributed by atoms with Crippen LogP contribution in [0.4, 0.5) is 0 Å². The lowest BCUT2D eigenvalue weighted by molar-refractivity contribution is 0.192. The third kappa shape index (κ3) is 5.15. The van der Waals surface area contributed by atoms with Crippen LogP contribution in [0.5, 0.6) is 0 Å². The fourth-order valence-corrected chi connectivity index (χ4v) is 1.67. The maximum Gasteiger partial charge on any atom is 0.276 e. The molecular weight excluding hydrogens is 214 g/mol. The number of hydrogen-bond donors (Lipinski definition) is 2. The smallest absolute Gasteiger partial charge is 0.276 e. The third-order valence-electron chi connectivity index (χ3n) is 1.67. The van der Waals surface area contributed by atoms with Gasteiger partial charge in [-0.05, 0) is 0 Å². The summed E-state index contributed by atoms with van der Waals surface area (Å²) in [6.07, 6.45) is -0.399. The number of nitrogens with zero attached hydrogens (tertiary/aromatic N) is 2. The second-order valence-corrected chi connectivity index (χ2v) is 4.59. The first-order valence-corrected chi connectivity index (χ1v) is 5.91. The Morgan fingerprint density at radius 2 is 2.20 bits per heavy atom. The van der Waals surface area contributed by atoms with E-state index in [4.69, 9.17) is 4.42 Å². The number of thioether (sulfide) groups is 1. The number of aliphatic hydroxyl groups is 1. The van der Waals surface area contributed by atoms with Gasteiger partial charge in [0.1, 0.15) is 0 Å². The monoisotopic (exact) mass is 231 g/mol. The number of aliphatic hydroxyl groups excluding tert-OH is 1. The van der Waals surface area contributed by atoms with Gasteiger partial charge in [0.05, 0.1) is 6.10 Å². The minimum absolute atomic E-state index is 0.385. The molecule has 0 spiro atoms. The molecule has 15 heavy (non-hydrogen) atoms. The zero-order valence-electron chi connectivity index (χ0n) is 9.23. The first kappa shape index (κ1) is 12.5. The molecule has 0 radical (unpaired) electrons. The predicted molar refractivity (Wildman–Crippen MR) is 58.9 cm³/mol. The number of hydrogen-bond acceptors (Lipinski definition) is 6. The van der Waals surface area contributed by atoms with Gasteiger partial charge in [-0.2, -0.15) is 0 Å². The van der Waals surface area contributed by atoms with E-state index in [2.05, 4.69) is 15.5 Å². The number of nitrogens with one attached hydrogen (secondary N) is 1. The van der Waals surface area contributed by atoms with Crippen molar-refractivity contribution in [1.82, 2.24) is 15.5 Å². The Bertz CT molecular complexity index is 291. The molecule has 1 unspecified atom stereocenters. The summed E-state index contributed by atoms with van der Waals surface area (Å²) in [6, 6.07) is 0.385. The van der Waals surface area contributed by atoms with E-state index in [9.17, 15) is 5.11 Å². The molecule has 0 fully saturated rings. The average Bonchev–Trinajstić information content (AvgIpc) is 2.58. The van der Waals surface area contributed by atoms with Crippen molar-refractivity contribution >= 4 is 11.8 Å². The number of aromatic nitrogens is 2. The van der Waals surface area contributed by atoms with Crippen LogP contribution in [0.15, 0.2) is 9.64 Å². The number of aryl methyl sites for hydroxylation is 1. The molecule has 5 nitrogen and oxygen atoms in total. The van der Waals surface area contributed by atoms with Crippen molar-refractivity contribution in [2.45, 2.75) is 38.1 Å². The molecule has 0 bridgehead atoms. The molecular formula is C9H17N3O2S. The van der Waals surface area contributed by atoms with E-state index in [1.807, 2.05) is 13.8 Å². The summed E-state index contributed by atoms with van der Waals surface area (Å²) in [7, 11) is 0. The van der Waals surface area contributed by atoms with E-state index in [1.54, 1.807) is 6.92 Å². The zero-order chi connectivity index (χ0) is 11.3. The van der Waals surface area contributed by atoms with Crippen LogP contribution in [0.25, 0.3) is 0 Å². The van der Waals surface area contributed by atoms with Crippen LogP contribution in [-0.2, 0) is 0 Å². The van der Waals surface area contributed by atoms with Crippen LogP contribution >= 0.6 is 11.8 Å². The molecule has 0 aliphatic carbocycles. The molecule has 2 N–H and O–H groups in total. The van der Waals surface area contributed by atoms with Crippen molar-refractivity contribution in [3.8, 4) is 0 Å². The van der Waals surface area contributed by atoms with Crippen molar-refractivity contribution in [3.05, 3.63) is 5.89 Å². The van der Waals surface area contributed by atoms with Gasteiger partial charge in [-0.1, -0.05) is 25.6 Å². The van der Waals surface area contributed by atoms with Crippen molar-refractivity contribution < 1.29 is 9.52 Å². The van der Waals surface area contributed by atoms with Gasteiger partial charge in [-0.3, -0.25) is 0 Å². The largest absolute Gasteiger partial charge is 0.416 e. The Morgan fingerprint density at radius 3 is 2.73 bits per heavy atom. The van der Waals surface area contributed by atoms with Gasteiger partial charge in [-0.25, -0.2) is 0 Å². The Balaban J connectivity index is 2.19. The van der Waals surface area contributed by atoms with E-state index in [0.29, 0.717) is 29.5 Å². The Kier molecular flexibility index (Phi) is 5.07. The summed E-state index contributed by atoms with van der Waals surface area (Å²) in [6.45, 7) is 6.41. The van der Waals surface area contributed by atoms with E-state index in [-0.39, 0.29) is 0 Å². The highest BCUT2D eigenvalue weighted by Crippen LogP contribution is 2.16. The quantitative estimate of drug-likeness (QED) is 0.707. The molecule has 86 valence electrons. The minimum atomic E-state index is -0.399. The van der Waals surface area contributed by atoms with E-state index in [1.165, 1.54) is 11.8 Å². The number of rotatable bonds is 6. The van der Waals surface area contributed by atoms with E-state index >= 15 is 0 Å². The SMILES string of the molecule is Cc1nnc(SCC(O)CNC(C)C)o1. The van der Waals surface area contributed by atoms with Crippen molar-refractivity contribution in [1.29, 1.82) is 0 Å². The molecule has 0 aromatic carbocycles. The van der Waals surface area contributed by atoms with Crippen molar-refractivity contribution in [2.24, 2.45) is 0 Å². The summed E-state index contributed by atoms with van der Waals surface area (Å²) in [4.78, 5) is 0. The van der Waals surface area contributed by atoms with Gasteiger partial charge in [0.25, 0.3) is 5.22 Å². The molecule has 0 aliphatic rings. The fraction of sp³-hybridized carbons (Fsp3) is 0.778. The molecule has 1 aromatic heterocycles. The Morgan fingerprint density at radius 1 is 1.47 bits per heavy atom. The summed E-state index contributed by atoms with van der Waals surface area (Å²) >= 11 is 1.37. The van der Waals surface area contributed by atoms with Crippen LogP contribution in [0.1, 0.15) is 19.7 Å². The maximum atomic E-state index is 9.59. The van der Waals surface area contributed by atoms with Crippen molar-refractivity contribution in [2.75, 3.05) is 12.3 Å². The van der Waals surface area contributed by atoms with Crippen molar-refractivity contribution in [3.63, 3.8) is 0 Å². The third-order valence-corrected chi connectivity index (χ3v) is 2.63. The highest BCUT2D eigenvalue weighted by Gasteiger charge is 2.09. The van der Waals surface area contributed by atoms with Gasteiger partial charge < -0.3 is 14.8 Å². The van der Waals surface area contributed by atoms with Gasteiger partial charge in [0, 0.05) is 25.3 Å². The summed E-state index contributed by atoms with van der Waals surface area (Å²) in [5.74, 6) is 1.11. The highest BCUT2D eigenvalue weighted by atomic mass is 32.2. The summed E-state index contributed by atoms with van der Waals surface area (Å²) < 4.78 is 5.17. The van der Waals surface area contributed by atoms with Crippen LogP contribution in [0, 0.1) is 6.92 Å². The van der Waals surface area contributed by atoms with Gasteiger partial charge in [-0.15, -0.1) is 10.2 Å². The molecule has 1 heterocycles. The van der Waals surface area contributed by atoms with Crippen LogP contribution in [0.2, 0.25) is 0 Å². The zero-order valence-corrected chi connectivity index (χ0v) is 10.0. The van der Waals surface area contributed by atoms with Gasteiger partial charge in [0.15, 0.2) is 0 Å². The fourth-order valence-electron chi connectivity index (χ4n) is 0.935. The van der Waals surface area contributed by atoms with Gasteiger partial charge in [0.2, 0.25) is 5.89 Å². The molecule has 1 aromatic rings. The minimum Gasteiger partial charge on any atom is -0.416 e. The molecule has 0 saturated heterocycles. The average molecular weight is 231 g/mol. The molecule has 1 atom stereocenters.